The number of hydrogen-bond donors (Lipinski definition) is 5. The van der Waals surface area contributed by atoms with Crippen LogP contribution in [0.2, 0.25) is 0 Å². The van der Waals surface area contributed by atoms with E-state index in [1.807, 2.05) is 18.2 Å². The summed E-state index contributed by atoms with van der Waals surface area (Å²) in [6, 6.07) is 14.3. The van der Waals surface area contributed by atoms with E-state index in [2.05, 4.69) is 46.8 Å². The highest BCUT2D eigenvalue weighted by Crippen LogP contribution is 2.31. The summed E-state index contributed by atoms with van der Waals surface area (Å²) >= 11 is 0. The van der Waals surface area contributed by atoms with Gasteiger partial charge in [0.1, 0.15) is 5.82 Å². The molecule has 7 heteroatoms. The highest BCUT2D eigenvalue weighted by molar-refractivity contribution is 6.13. The van der Waals surface area contributed by atoms with Crippen LogP contribution in [0.3, 0.4) is 0 Å². The molecule has 1 fully saturated rings. The summed E-state index contributed by atoms with van der Waals surface area (Å²) in [5.74, 6) is -0.424. The van der Waals surface area contributed by atoms with Crippen molar-refractivity contribution in [3.8, 4) is 11.1 Å². The van der Waals surface area contributed by atoms with Crippen molar-refractivity contribution in [2.75, 3.05) is 5.32 Å². The zero-order valence-corrected chi connectivity index (χ0v) is 15.6. The molecule has 144 valence electrons. The lowest BCUT2D eigenvalue weighted by Crippen LogP contribution is -2.22. The molecular weight excluding hydrogens is 354 g/mol. The highest BCUT2D eigenvalue weighted by Gasteiger charge is 2.23. The quantitative estimate of drug-likeness (QED) is 0.452. The lowest BCUT2D eigenvalue weighted by Gasteiger charge is -2.14. The van der Waals surface area contributed by atoms with Crippen molar-refractivity contribution in [3.05, 3.63) is 53.6 Å². The Morgan fingerprint density at radius 3 is 2.36 bits per heavy atom. The van der Waals surface area contributed by atoms with Crippen LogP contribution in [0.1, 0.15) is 41.7 Å². The normalized spacial score (nSPS) is 14.8. The van der Waals surface area contributed by atoms with Gasteiger partial charge in [-0.3, -0.25) is 10.1 Å². The number of carbonyl (C=O) groups excluding carboxylic acids is 2. The van der Waals surface area contributed by atoms with E-state index in [0.29, 0.717) is 23.0 Å². The molecule has 0 spiro atoms. The molecule has 0 radical (unpaired) electrons. The van der Waals surface area contributed by atoms with Crippen LogP contribution in [0.25, 0.3) is 22.0 Å². The number of amides is 3. The van der Waals surface area contributed by atoms with Crippen LogP contribution in [0.5, 0.6) is 0 Å². The fraction of sp³-hybridized carbons (Fsp3) is 0.238. The minimum absolute atomic E-state index is 0.211. The van der Waals surface area contributed by atoms with Gasteiger partial charge in [-0.2, -0.15) is 0 Å². The van der Waals surface area contributed by atoms with Crippen LogP contribution < -0.4 is 22.1 Å². The summed E-state index contributed by atoms with van der Waals surface area (Å²) in [6.07, 6.45) is 2.52. The van der Waals surface area contributed by atoms with Crippen molar-refractivity contribution < 1.29 is 9.59 Å². The van der Waals surface area contributed by atoms with Crippen LogP contribution >= 0.6 is 0 Å². The Balaban J connectivity index is 1.65. The van der Waals surface area contributed by atoms with Crippen molar-refractivity contribution in [2.45, 2.75) is 31.8 Å². The van der Waals surface area contributed by atoms with Crippen molar-refractivity contribution in [2.24, 2.45) is 11.5 Å². The Kier molecular flexibility index (Phi) is 4.52. The van der Waals surface area contributed by atoms with Gasteiger partial charge in [0.25, 0.3) is 5.91 Å². The predicted molar refractivity (Wildman–Crippen MR) is 110 cm³/mol. The highest BCUT2D eigenvalue weighted by atomic mass is 16.2. The Morgan fingerprint density at radius 2 is 1.75 bits per heavy atom. The molecule has 1 atom stereocenters. The van der Waals surface area contributed by atoms with Crippen LogP contribution in [0, 0.1) is 0 Å². The first kappa shape index (κ1) is 18.1. The molecule has 0 saturated heterocycles. The van der Waals surface area contributed by atoms with Gasteiger partial charge in [-0.1, -0.05) is 36.4 Å². The second-order valence-electron chi connectivity index (χ2n) is 7.27. The van der Waals surface area contributed by atoms with Gasteiger partial charge in [-0.15, -0.1) is 0 Å². The number of carbonyl (C=O) groups is 2. The zero-order chi connectivity index (χ0) is 19.8. The van der Waals surface area contributed by atoms with Gasteiger partial charge in [-0.05, 0) is 42.5 Å². The SMILES string of the molecule is CC(NC1CC1)c1ccc(-c2ccc3c(C(N)=O)c(NC(N)=O)[nH]c3c2)cc1. The third-order valence-electron chi connectivity index (χ3n) is 5.10. The van der Waals surface area contributed by atoms with E-state index in [1.54, 1.807) is 0 Å². The summed E-state index contributed by atoms with van der Waals surface area (Å²) < 4.78 is 0. The number of aromatic amines is 1. The molecule has 0 bridgehead atoms. The second-order valence-corrected chi connectivity index (χ2v) is 7.27. The number of primary amides is 2. The molecular formula is C21H23N5O2. The maximum atomic E-state index is 11.8. The lowest BCUT2D eigenvalue weighted by molar-refractivity contribution is 0.100. The minimum atomic E-state index is -0.765. The number of benzene rings is 2. The zero-order valence-electron chi connectivity index (χ0n) is 15.6. The molecule has 0 aliphatic heterocycles. The summed E-state index contributed by atoms with van der Waals surface area (Å²) in [5.41, 5.74) is 14.9. The smallest absolute Gasteiger partial charge is 0.317 e. The second kappa shape index (κ2) is 7.01. The Hall–Kier alpha value is -3.32. The maximum absolute atomic E-state index is 11.8. The van der Waals surface area contributed by atoms with E-state index in [1.165, 1.54) is 18.4 Å². The predicted octanol–water partition coefficient (Wildman–Crippen LogP) is 3.24. The molecule has 3 aromatic rings. The van der Waals surface area contributed by atoms with Crippen LogP contribution in [0.15, 0.2) is 42.5 Å². The van der Waals surface area contributed by atoms with E-state index >= 15 is 0 Å². The van der Waals surface area contributed by atoms with Crippen LogP contribution in [-0.2, 0) is 0 Å². The van der Waals surface area contributed by atoms with Gasteiger partial charge < -0.3 is 21.8 Å². The largest absolute Gasteiger partial charge is 0.365 e. The molecule has 1 heterocycles. The Bertz CT molecular complexity index is 1050. The number of H-pyrrole nitrogens is 1. The summed E-state index contributed by atoms with van der Waals surface area (Å²) in [5, 5.41) is 6.65. The molecule has 7 N–H and O–H groups in total. The Morgan fingerprint density at radius 1 is 1.07 bits per heavy atom. The standard InChI is InChI=1S/C21H23N5O2/c1-11(24-15-7-8-15)12-2-4-13(5-3-12)14-6-9-16-17(10-14)25-20(26-21(23)28)18(16)19(22)27/h2-6,9-11,15,24-25H,7-8H2,1H3,(H2,22,27)(H3,23,26,28). The van der Waals surface area contributed by atoms with E-state index < -0.39 is 11.9 Å². The number of nitrogens with two attached hydrogens (primary N) is 2. The Labute approximate surface area is 162 Å². The summed E-state index contributed by atoms with van der Waals surface area (Å²) in [7, 11) is 0. The van der Waals surface area contributed by atoms with Gasteiger partial charge >= 0.3 is 6.03 Å². The van der Waals surface area contributed by atoms with E-state index in [-0.39, 0.29) is 11.4 Å². The molecule has 1 aliphatic rings. The lowest BCUT2D eigenvalue weighted by atomic mass is 10.00. The topological polar surface area (TPSA) is 126 Å². The van der Waals surface area contributed by atoms with Gasteiger partial charge in [0.2, 0.25) is 0 Å². The third-order valence-corrected chi connectivity index (χ3v) is 5.10. The number of nitrogens with one attached hydrogen (secondary N) is 3. The molecule has 3 amide bonds. The first-order valence-electron chi connectivity index (χ1n) is 9.30. The van der Waals surface area contributed by atoms with Gasteiger partial charge in [0.15, 0.2) is 0 Å². The molecule has 7 nitrogen and oxygen atoms in total. The summed E-state index contributed by atoms with van der Waals surface area (Å²) in [6.45, 7) is 2.18. The van der Waals surface area contributed by atoms with Crippen molar-refractivity contribution in [1.29, 1.82) is 0 Å². The van der Waals surface area contributed by atoms with E-state index in [4.69, 9.17) is 11.5 Å². The average Bonchev–Trinajstić information content (AvgIpc) is 3.39. The molecule has 1 aliphatic carbocycles. The summed E-state index contributed by atoms with van der Waals surface area (Å²) in [4.78, 5) is 26.0. The number of urea groups is 1. The molecule has 1 saturated carbocycles. The molecule has 28 heavy (non-hydrogen) atoms. The van der Waals surface area contributed by atoms with Crippen LogP contribution in [0.4, 0.5) is 10.6 Å². The van der Waals surface area contributed by atoms with E-state index in [0.717, 1.165) is 11.1 Å². The van der Waals surface area contributed by atoms with Crippen molar-refractivity contribution >= 4 is 28.7 Å². The molecule has 2 aromatic carbocycles. The van der Waals surface area contributed by atoms with Gasteiger partial charge in [-0.25, -0.2) is 4.79 Å². The van der Waals surface area contributed by atoms with E-state index in [9.17, 15) is 9.59 Å². The minimum Gasteiger partial charge on any atom is -0.365 e. The first-order valence-corrected chi connectivity index (χ1v) is 9.30. The van der Waals surface area contributed by atoms with Crippen molar-refractivity contribution in [1.82, 2.24) is 10.3 Å². The average molecular weight is 377 g/mol. The fourth-order valence-electron chi connectivity index (χ4n) is 3.51. The molecule has 4 rings (SSSR count). The molecule has 1 aromatic heterocycles. The first-order chi connectivity index (χ1) is 13.4. The number of rotatable bonds is 6. The molecule has 1 unspecified atom stereocenters. The number of fused-ring (bicyclic) bond motifs is 1. The number of hydrogen-bond acceptors (Lipinski definition) is 3. The fourth-order valence-corrected chi connectivity index (χ4v) is 3.51. The van der Waals surface area contributed by atoms with Gasteiger partial charge in [0, 0.05) is 23.0 Å². The van der Waals surface area contributed by atoms with Crippen molar-refractivity contribution in [3.63, 3.8) is 0 Å². The van der Waals surface area contributed by atoms with Gasteiger partial charge in [0.05, 0.1) is 5.56 Å². The monoisotopic (exact) mass is 377 g/mol. The number of anilines is 1. The third kappa shape index (κ3) is 3.57. The number of aromatic nitrogens is 1. The van der Waals surface area contributed by atoms with Crippen LogP contribution in [-0.4, -0.2) is 23.0 Å². The maximum Gasteiger partial charge on any atom is 0.317 e.